The van der Waals surface area contributed by atoms with E-state index in [0.717, 1.165) is 18.4 Å². The summed E-state index contributed by atoms with van der Waals surface area (Å²) < 4.78 is 32.8. The van der Waals surface area contributed by atoms with Crippen LogP contribution in [0.4, 0.5) is 14.5 Å². The molecule has 1 unspecified atom stereocenters. The van der Waals surface area contributed by atoms with E-state index in [0.29, 0.717) is 19.6 Å². The zero-order valence-corrected chi connectivity index (χ0v) is 18.7. The number of hydrogen-bond acceptors (Lipinski definition) is 5. The van der Waals surface area contributed by atoms with Gasteiger partial charge in [0.25, 0.3) is 0 Å². The summed E-state index contributed by atoms with van der Waals surface area (Å²) in [6.45, 7) is 1.36. The minimum Gasteiger partial charge on any atom is -0.477 e. The van der Waals surface area contributed by atoms with Crippen molar-refractivity contribution in [1.29, 1.82) is 0 Å². The van der Waals surface area contributed by atoms with Gasteiger partial charge in [-0.05, 0) is 30.5 Å². The van der Waals surface area contributed by atoms with Gasteiger partial charge in [0.2, 0.25) is 5.43 Å². The number of carbonyl (C=O) groups is 1. The molecule has 0 radical (unpaired) electrons. The molecule has 1 aliphatic carbocycles. The predicted molar refractivity (Wildman–Crippen MR) is 128 cm³/mol. The van der Waals surface area contributed by atoms with Gasteiger partial charge in [-0.3, -0.25) is 4.79 Å². The first-order valence-corrected chi connectivity index (χ1v) is 11.6. The lowest BCUT2D eigenvalue weighted by Crippen LogP contribution is -2.46. The topological polar surface area (TPSA) is 87.5 Å². The number of carboxylic acids is 1. The molecule has 2 N–H and O–H groups in total. The molecule has 2 aliphatic rings. The maximum Gasteiger partial charge on any atom is 0.341 e. The zero-order chi connectivity index (χ0) is 24.3. The van der Waals surface area contributed by atoms with Gasteiger partial charge in [-0.15, -0.1) is 0 Å². The van der Waals surface area contributed by atoms with Crippen molar-refractivity contribution in [2.45, 2.75) is 24.9 Å². The van der Waals surface area contributed by atoms with Gasteiger partial charge < -0.3 is 19.9 Å². The van der Waals surface area contributed by atoms with Crippen molar-refractivity contribution >= 4 is 33.6 Å². The standard InChI is InChI=1S/C26H22F2N4O3/c27-19-11-15-10-17-24(33)18(26(34)35)12-32(16-6-7-16)25(17)30-22(15)21(28)23(19)31-9-8-29-20(13-31)14-4-2-1-3-5-14/h1-5,10-12,16,20,29H,6-9,13H2,(H,34,35). The number of halogens is 2. The molecule has 3 heterocycles. The summed E-state index contributed by atoms with van der Waals surface area (Å²) in [4.78, 5) is 30.6. The van der Waals surface area contributed by atoms with Crippen molar-refractivity contribution < 1.29 is 18.7 Å². The van der Waals surface area contributed by atoms with Crippen molar-refractivity contribution in [3.63, 3.8) is 0 Å². The number of aromatic carboxylic acids is 1. The first-order valence-electron chi connectivity index (χ1n) is 11.6. The number of carboxylic acid groups (broad SMARTS) is 1. The molecule has 6 rings (SSSR count). The minimum atomic E-state index is -1.34. The molecule has 1 saturated heterocycles. The molecule has 2 aromatic heterocycles. The van der Waals surface area contributed by atoms with Crippen LogP contribution < -0.4 is 15.6 Å². The minimum absolute atomic E-state index is 0.00364. The smallest absolute Gasteiger partial charge is 0.341 e. The Labute approximate surface area is 198 Å². The molecule has 178 valence electrons. The number of aromatic nitrogens is 2. The Hall–Kier alpha value is -3.85. The molecule has 2 fully saturated rings. The number of hydrogen-bond donors (Lipinski definition) is 2. The molecule has 9 heteroatoms. The van der Waals surface area contributed by atoms with E-state index in [4.69, 9.17) is 0 Å². The van der Waals surface area contributed by atoms with Gasteiger partial charge in [0, 0.05) is 43.3 Å². The number of piperazine rings is 1. The van der Waals surface area contributed by atoms with Gasteiger partial charge in [0.1, 0.15) is 28.2 Å². The highest BCUT2D eigenvalue weighted by molar-refractivity contribution is 5.97. The second kappa shape index (κ2) is 8.13. The number of fused-ring (bicyclic) bond motifs is 2. The van der Waals surface area contributed by atoms with Crippen molar-refractivity contribution in [2.75, 3.05) is 24.5 Å². The zero-order valence-electron chi connectivity index (χ0n) is 18.7. The maximum atomic E-state index is 15.9. The van der Waals surface area contributed by atoms with Crippen LogP contribution in [-0.4, -0.2) is 40.3 Å². The van der Waals surface area contributed by atoms with Crippen LogP contribution >= 0.6 is 0 Å². The summed E-state index contributed by atoms with van der Waals surface area (Å²) in [5, 5.41) is 13.0. The fraction of sp³-hybridized carbons (Fsp3) is 0.269. The van der Waals surface area contributed by atoms with Crippen molar-refractivity contribution in [3.05, 3.63) is 81.6 Å². The fourth-order valence-corrected chi connectivity index (χ4v) is 4.93. The summed E-state index contributed by atoms with van der Waals surface area (Å²) in [5.41, 5.74) is -0.0262. The van der Waals surface area contributed by atoms with Crippen LogP contribution in [0, 0.1) is 11.6 Å². The maximum absolute atomic E-state index is 15.9. The summed E-state index contributed by atoms with van der Waals surface area (Å²) in [5.74, 6) is -2.87. The number of nitrogens with one attached hydrogen (secondary N) is 1. The Kier molecular flexibility index (Phi) is 5.03. The normalized spacial score (nSPS) is 18.3. The molecule has 2 aromatic carbocycles. The molecule has 1 aliphatic heterocycles. The SMILES string of the molecule is O=C(O)c1cn(C2CC2)c2nc3c(F)c(N4CCNC(c5ccccc5)C4)c(F)cc3cc2c1=O. The van der Waals surface area contributed by atoms with Crippen LogP contribution in [0.25, 0.3) is 21.9 Å². The summed E-state index contributed by atoms with van der Waals surface area (Å²) >= 11 is 0. The Balaban J connectivity index is 1.50. The van der Waals surface area contributed by atoms with Gasteiger partial charge in [-0.25, -0.2) is 18.6 Å². The summed E-state index contributed by atoms with van der Waals surface area (Å²) in [7, 11) is 0. The summed E-state index contributed by atoms with van der Waals surface area (Å²) in [6.07, 6.45) is 2.91. The van der Waals surface area contributed by atoms with E-state index in [9.17, 15) is 14.7 Å². The monoisotopic (exact) mass is 476 g/mol. The number of benzene rings is 2. The lowest BCUT2D eigenvalue weighted by Gasteiger charge is -2.36. The lowest BCUT2D eigenvalue weighted by atomic mass is 10.0. The third kappa shape index (κ3) is 3.63. The second-order valence-corrected chi connectivity index (χ2v) is 9.13. The highest BCUT2D eigenvalue weighted by Gasteiger charge is 2.30. The Morgan fingerprint density at radius 2 is 1.91 bits per heavy atom. The van der Waals surface area contributed by atoms with Crippen LogP contribution in [0.2, 0.25) is 0 Å². The van der Waals surface area contributed by atoms with Crippen LogP contribution in [0.1, 0.15) is 40.8 Å². The molecular formula is C26H22F2N4O3. The number of rotatable bonds is 4. The number of nitrogens with zero attached hydrogens (tertiary/aromatic N) is 3. The van der Waals surface area contributed by atoms with Crippen LogP contribution in [0.15, 0.2) is 53.5 Å². The van der Waals surface area contributed by atoms with Gasteiger partial charge in [0.05, 0.1) is 5.39 Å². The molecule has 0 bridgehead atoms. The third-order valence-corrected chi connectivity index (χ3v) is 6.82. The first kappa shape index (κ1) is 21.7. The average molecular weight is 476 g/mol. The van der Waals surface area contributed by atoms with Crippen LogP contribution in [0.3, 0.4) is 0 Å². The molecule has 0 spiro atoms. The van der Waals surface area contributed by atoms with Crippen molar-refractivity contribution in [1.82, 2.24) is 14.9 Å². The molecular weight excluding hydrogens is 454 g/mol. The number of pyridine rings is 2. The van der Waals surface area contributed by atoms with Gasteiger partial charge in [0.15, 0.2) is 5.82 Å². The van der Waals surface area contributed by atoms with Gasteiger partial charge >= 0.3 is 5.97 Å². The van der Waals surface area contributed by atoms with E-state index >= 15 is 8.78 Å². The number of anilines is 1. The third-order valence-electron chi connectivity index (χ3n) is 6.82. The molecule has 1 atom stereocenters. The first-order chi connectivity index (χ1) is 16.9. The molecule has 4 aromatic rings. The van der Waals surface area contributed by atoms with E-state index in [1.165, 1.54) is 18.3 Å². The van der Waals surface area contributed by atoms with E-state index in [2.05, 4.69) is 10.3 Å². The second-order valence-electron chi connectivity index (χ2n) is 9.13. The van der Waals surface area contributed by atoms with Gasteiger partial charge in [-0.2, -0.15) is 0 Å². The molecule has 35 heavy (non-hydrogen) atoms. The fourth-order valence-electron chi connectivity index (χ4n) is 4.93. The highest BCUT2D eigenvalue weighted by atomic mass is 19.1. The molecule has 7 nitrogen and oxygen atoms in total. The van der Waals surface area contributed by atoms with Gasteiger partial charge in [-0.1, -0.05) is 30.3 Å². The van der Waals surface area contributed by atoms with Crippen molar-refractivity contribution in [2.24, 2.45) is 0 Å². The van der Waals surface area contributed by atoms with E-state index in [-0.39, 0.29) is 45.3 Å². The van der Waals surface area contributed by atoms with Crippen LogP contribution in [0.5, 0.6) is 0 Å². The largest absolute Gasteiger partial charge is 0.477 e. The van der Waals surface area contributed by atoms with E-state index in [1.807, 2.05) is 30.3 Å². The van der Waals surface area contributed by atoms with Crippen molar-refractivity contribution in [3.8, 4) is 0 Å². The average Bonchev–Trinajstić information content (AvgIpc) is 3.70. The molecule has 1 saturated carbocycles. The predicted octanol–water partition coefficient (Wildman–Crippen LogP) is 4.01. The Bertz CT molecular complexity index is 1550. The summed E-state index contributed by atoms with van der Waals surface area (Å²) in [6, 6.07) is 12.2. The highest BCUT2D eigenvalue weighted by Crippen LogP contribution is 2.38. The van der Waals surface area contributed by atoms with E-state index in [1.54, 1.807) is 9.47 Å². The van der Waals surface area contributed by atoms with E-state index < -0.39 is 23.0 Å². The Morgan fingerprint density at radius 1 is 1.14 bits per heavy atom. The lowest BCUT2D eigenvalue weighted by molar-refractivity contribution is 0.0695. The Morgan fingerprint density at radius 3 is 2.63 bits per heavy atom. The quantitative estimate of drug-likeness (QED) is 0.433. The molecule has 0 amide bonds. The van der Waals surface area contributed by atoms with Crippen LogP contribution in [-0.2, 0) is 0 Å².